The van der Waals surface area contributed by atoms with Gasteiger partial charge < -0.3 is 4.90 Å². The third-order valence-electron chi connectivity index (χ3n) is 4.31. The van der Waals surface area contributed by atoms with Crippen molar-refractivity contribution in [3.8, 4) is 0 Å². The number of benzene rings is 1. The van der Waals surface area contributed by atoms with E-state index in [2.05, 4.69) is 53.7 Å². The monoisotopic (exact) mass is 351 g/mol. The Morgan fingerprint density at radius 1 is 1.29 bits per heavy atom. The van der Waals surface area contributed by atoms with Crippen LogP contribution in [-0.4, -0.2) is 28.7 Å². The molecule has 21 heavy (non-hydrogen) atoms. The average Bonchev–Trinajstić information content (AvgIpc) is 2.92. The lowest BCUT2D eigenvalue weighted by molar-refractivity contribution is 0.0730. The maximum atomic E-state index is 12.7. The highest BCUT2D eigenvalue weighted by Gasteiger charge is 2.28. The van der Waals surface area contributed by atoms with Crippen molar-refractivity contribution in [2.45, 2.75) is 57.9 Å². The third kappa shape index (κ3) is 4.09. The van der Waals surface area contributed by atoms with E-state index < -0.39 is 0 Å². The SMILES string of the molecule is CC(C)(C)c1ccc(C(=O)N2CCCC2CCCBr)cc1. The number of nitrogens with zero attached hydrogens (tertiary/aromatic N) is 1. The van der Waals surface area contributed by atoms with E-state index in [0.717, 1.165) is 43.1 Å². The highest BCUT2D eigenvalue weighted by Crippen LogP contribution is 2.26. The number of hydrogen-bond acceptors (Lipinski definition) is 1. The summed E-state index contributed by atoms with van der Waals surface area (Å²) in [6, 6.07) is 8.59. The van der Waals surface area contributed by atoms with Crippen LogP contribution in [0.25, 0.3) is 0 Å². The Morgan fingerprint density at radius 3 is 2.52 bits per heavy atom. The van der Waals surface area contributed by atoms with Crippen molar-refractivity contribution in [1.29, 1.82) is 0 Å². The van der Waals surface area contributed by atoms with Gasteiger partial charge in [-0.05, 0) is 48.8 Å². The van der Waals surface area contributed by atoms with Crippen molar-refractivity contribution in [1.82, 2.24) is 4.90 Å². The Labute approximate surface area is 137 Å². The van der Waals surface area contributed by atoms with E-state index in [0.29, 0.717) is 6.04 Å². The Bertz CT molecular complexity index is 475. The molecule has 116 valence electrons. The van der Waals surface area contributed by atoms with Crippen LogP contribution in [0.4, 0.5) is 0 Å². The molecule has 1 amide bonds. The first-order valence-electron chi connectivity index (χ1n) is 7.91. The van der Waals surface area contributed by atoms with Gasteiger partial charge in [-0.2, -0.15) is 0 Å². The standard InChI is InChI=1S/C18H26BrNO/c1-18(2,3)15-10-8-14(9-11-15)17(21)20-13-5-7-16(20)6-4-12-19/h8-11,16H,4-7,12-13H2,1-3H3. The van der Waals surface area contributed by atoms with Gasteiger partial charge in [-0.1, -0.05) is 48.8 Å². The molecule has 0 radical (unpaired) electrons. The summed E-state index contributed by atoms with van der Waals surface area (Å²) < 4.78 is 0. The molecule has 1 aromatic carbocycles. The van der Waals surface area contributed by atoms with Crippen LogP contribution in [0.3, 0.4) is 0 Å². The molecule has 1 heterocycles. The van der Waals surface area contributed by atoms with Crippen LogP contribution in [0.15, 0.2) is 24.3 Å². The van der Waals surface area contributed by atoms with Crippen LogP contribution in [0.2, 0.25) is 0 Å². The van der Waals surface area contributed by atoms with Gasteiger partial charge in [-0.15, -0.1) is 0 Å². The summed E-state index contributed by atoms with van der Waals surface area (Å²) >= 11 is 3.48. The maximum Gasteiger partial charge on any atom is 0.254 e. The second kappa shape index (κ2) is 6.95. The molecular weight excluding hydrogens is 326 g/mol. The van der Waals surface area contributed by atoms with Crippen molar-refractivity contribution in [2.24, 2.45) is 0 Å². The Balaban J connectivity index is 2.08. The normalized spacial score (nSPS) is 19.0. The average molecular weight is 352 g/mol. The summed E-state index contributed by atoms with van der Waals surface area (Å²) in [7, 11) is 0. The van der Waals surface area contributed by atoms with Crippen LogP contribution in [-0.2, 0) is 5.41 Å². The predicted octanol–water partition coefficient (Wildman–Crippen LogP) is 4.76. The fraction of sp³-hybridized carbons (Fsp3) is 0.611. The highest BCUT2D eigenvalue weighted by molar-refractivity contribution is 9.09. The summed E-state index contributed by atoms with van der Waals surface area (Å²) in [5.74, 6) is 0.201. The topological polar surface area (TPSA) is 20.3 Å². The van der Waals surface area contributed by atoms with E-state index in [1.807, 2.05) is 12.1 Å². The summed E-state index contributed by atoms with van der Waals surface area (Å²) in [4.78, 5) is 14.8. The minimum atomic E-state index is 0.133. The molecule has 1 saturated heterocycles. The van der Waals surface area contributed by atoms with Crippen LogP contribution in [0, 0.1) is 0 Å². The second-order valence-corrected chi connectivity index (χ2v) is 7.75. The number of likely N-dealkylation sites (tertiary alicyclic amines) is 1. The molecule has 0 N–H and O–H groups in total. The second-order valence-electron chi connectivity index (χ2n) is 6.95. The van der Waals surface area contributed by atoms with E-state index in [1.54, 1.807) is 0 Å². The molecule has 1 aliphatic heterocycles. The van der Waals surface area contributed by atoms with E-state index in [4.69, 9.17) is 0 Å². The van der Waals surface area contributed by atoms with Gasteiger partial charge in [0.1, 0.15) is 0 Å². The number of halogens is 1. The lowest BCUT2D eigenvalue weighted by Crippen LogP contribution is -2.35. The van der Waals surface area contributed by atoms with Gasteiger partial charge in [-0.3, -0.25) is 4.79 Å². The first-order valence-corrected chi connectivity index (χ1v) is 9.03. The first kappa shape index (κ1) is 16.5. The number of carbonyl (C=O) groups excluding carboxylic acids is 1. The zero-order valence-electron chi connectivity index (χ0n) is 13.4. The van der Waals surface area contributed by atoms with Gasteiger partial charge in [0.15, 0.2) is 0 Å². The highest BCUT2D eigenvalue weighted by atomic mass is 79.9. The van der Waals surface area contributed by atoms with Gasteiger partial charge in [-0.25, -0.2) is 0 Å². The summed E-state index contributed by atoms with van der Waals surface area (Å²) in [6.07, 6.45) is 4.53. The molecule has 3 heteroatoms. The van der Waals surface area contributed by atoms with Crippen LogP contribution >= 0.6 is 15.9 Å². The summed E-state index contributed by atoms with van der Waals surface area (Å²) in [6.45, 7) is 7.49. The van der Waals surface area contributed by atoms with Crippen molar-refractivity contribution < 1.29 is 4.79 Å². The Kier molecular flexibility index (Phi) is 5.48. The van der Waals surface area contributed by atoms with E-state index in [-0.39, 0.29) is 11.3 Å². The van der Waals surface area contributed by atoms with Gasteiger partial charge in [0.25, 0.3) is 5.91 Å². The van der Waals surface area contributed by atoms with Crippen LogP contribution in [0.5, 0.6) is 0 Å². The van der Waals surface area contributed by atoms with E-state index >= 15 is 0 Å². The molecule has 1 aliphatic rings. The third-order valence-corrected chi connectivity index (χ3v) is 4.87. The summed E-state index contributed by atoms with van der Waals surface area (Å²) in [5.41, 5.74) is 2.23. The molecule has 1 fully saturated rings. The molecule has 0 bridgehead atoms. The molecule has 0 aliphatic carbocycles. The number of rotatable bonds is 4. The first-order chi connectivity index (χ1) is 9.93. The number of hydrogen-bond donors (Lipinski definition) is 0. The largest absolute Gasteiger partial charge is 0.336 e. The van der Waals surface area contributed by atoms with Gasteiger partial charge in [0.2, 0.25) is 0 Å². The quantitative estimate of drug-likeness (QED) is 0.715. The maximum absolute atomic E-state index is 12.7. The molecule has 2 nitrogen and oxygen atoms in total. The fourth-order valence-corrected chi connectivity index (χ4v) is 3.32. The smallest absolute Gasteiger partial charge is 0.254 e. The molecular formula is C18H26BrNO. The number of carbonyl (C=O) groups is 1. The zero-order valence-corrected chi connectivity index (χ0v) is 14.9. The van der Waals surface area contributed by atoms with Crippen molar-refractivity contribution in [2.75, 3.05) is 11.9 Å². The van der Waals surface area contributed by atoms with Gasteiger partial charge in [0, 0.05) is 23.5 Å². The van der Waals surface area contributed by atoms with Crippen molar-refractivity contribution in [3.63, 3.8) is 0 Å². The molecule has 0 saturated carbocycles. The lowest BCUT2D eigenvalue weighted by atomic mass is 9.86. The molecule has 2 rings (SSSR count). The zero-order chi connectivity index (χ0) is 15.5. The van der Waals surface area contributed by atoms with Crippen molar-refractivity contribution in [3.05, 3.63) is 35.4 Å². The Morgan fingerprint density at radius 2 is 1.95 bits per heavy atom. The molecule has 1 aromatic rings. The number of amides is 1. The lowest BCUT2D eigenvalue weighted by Gasteiger charge is -2.25. The molecule has 0 aromatic heterocycles. The minimum Gasteiger partial charge on any atom is -0.336 e. The van der Waals surface area contributed by atoms with Gasteiger partial charge >= 0.3 is 0 Å². The van der Waals surface area contributed by atoms with Crippen molar-refractivity contribution >= 4 is 21.8 Å². The van der Waals surface area contributed by atoms with Crippen LogP contribution < -0.4 is 0 Å². The fourth-order valence-electron chi connectivity index (χ4n) is 2.99. The Hall–Kier alpha value is -0.830. The molecule has 1 atom stereocenters. The van der Waals surface area contributed by atoms with E-state index in [1.165, 1.54) is 5.56 Å². The molecule has 1 unspecified atom stereocenters. The van der Waals surface area contributed by atoms with Crippen LogP contribution in [0.1, 0.15) is 62.4 Å². The minimum absolute atomic E-state index is 0.133. The molecule has 0 spiro atoms. The van der Waals surface area contributed by atoms with E-state index in [9.17, 15) is 4.79 Å². The predicted molar refractivity (Wildman–Crippen MR) is 92.2 cm³/mol. The van der Waals surface area contributed by atoms with Gasteiger partial charge in [0.05, 0.1) is 0 Å². The number of alkyl halides is 1. The summed E-state index contributed by atoms with van der Waals surface area (Å²) in [5, 5.41) is 1.02.